The molecule has 1 aromatic carbocycles. The van der Waals surface area contributed by atoms with E-state index in [0.717, 1.165) is 0 Å². The van der Waals surface area contributed by atoms with E-state index >= 15 is 0 Å². The van der Waals surface area contributed by atoms with E-state index in [4.69, 9.17) is 15.6 Å². The van der Waals surface area contributed by atoms with Crippen molar-refractivity contribution in [2.24, 2.45) is 0 Å². The molecule has 5 heteroatoms. The van der Waals surface area contributed by atoms with Crippen LogP contribution in [0.1, 0.15) is 10.4 Å². The second kappa shape index (κ2) is 5.21. The first-order valence-electron chi connectivity index (χ1n) is 4.40. The Hall–Kier alpha value is -1.75. The molecule has 1 rings (SSSR count). The Morgan fingerprint density at radius 3 is 2.80 bits per heavy atom. The number of carbonyl (C=O) groups excluding carboxylic acids is 1. The Morgan fingerprint density at radius 2 is 2.27 bits per heavy atom. The minimum absolute atomic E-state index is 0.0851. The summed E-state index contributed by atoms with van der Waals surface area (Å²) in [7, 11) is 1.30. The van der Waals surface area contributed by atoms with Crippen molar-refractivity contribution in [3.8, 4) is 5.75 Å². The second-order valence-electron chi connectivity index (χ2n) is 2.82. The first-order valence-corrected chi connectivity index (χ1v) is 4.40. The molecular weight excluding hydrogens is 198 g/mol. The molecule has 0 amide bonds. The summed E-state index contributed by atoms with van der Waals surface area (Å²) in [6.07, 6.45) is 0. The van der Waals surface area contributed by atoms with Gasteiger partial charge >= 0.3 is 5.97 Å². The van der Waals surface area contributed by atoms with Crippen molar-refractivity contribution in [1.82, 2.24) is 0 Å². The number of rotatable bonds is 4. The number of aliphatic hydroxyl groups is 1. The third-order valence-electron chi connectivity index (χ3n) is 1.78. The van der Waals surface area contributed by atoms with Crippen molar-refractivity contribution in [2.45, 2.75) is 0 Å². The quantitative estimate of drug-likeness (QED) is 0.557. The molecule has 0 heterocycles. The summed E-state index contributed by atoms with van der Waals surface area (Å²) in [4.78, 5) is 11.1. The van der Waals surface area contributed by atoms with Crippen LogP contribution in [0.15, 0.2) is 18.2 Å². The largest absolute Gasteiger partial charge is 0.489 e. The highest BCUT2D eigenvalue weighted by atomic mass is 16.5. The van der Waals surface area contributed by atoms with E-state index in [0.29, 0.717) is 17.0 Å². The van der Waals surface area contributed by atoms with Gasteiger partial charge in [-0.1, -0.05) is 0 Å². The summed E-state index contributed by atoms with van der Waals surface area (Å²) in [6, 6.07) is 4.59. The van der Waals surface area contributed by atoms with Gasteiger partial charge in [-0.2, -0.15) is 0 Å². The van der Waals surface area contributed by atoms with Crippen LogP contribution in [0.25, 0.3) is 0 Å². The molecule has 0 aliphatic rings. The third kappa shape index (κ3) is 2.85. The Morgan fingerprint density at radius 1 is 1.53 bits per heavy atom. The topological polar surface area (TPSA) is 81.8 Å². The monoisotopic (exact) mass is 211 g/mol. The predicted octanol–water partition coefficient (Wildman–Crippen LogP) is 0.427. The van der Waals surface area contributed by atoms with Crippen LogP contribution in [0, 0.1) is 0 Å². The van der Waals surface area contributed by atoms with Gasteiger partial charge in [-0.3, -0.25) is 0 Å². The lowest BCUT2D eigenvalue weighted by atomic mass is 10.2. The van der Waals surface area contributed by atoms with Gasteiger partial charge in [-0.05, 0) is 18.2 Å². The number of hydrogen-bond acceptors (Lipinski definition) is 5. The van der Waals surface area contributed by atoms with E-state index < -0.39 is 5.97 Å². The van der Waals surface area contributed by atoms with Crippen molar-refractivity contribution < 1.29 is 19.4 Å². The number of ether oxygens (including phenoxy) is 2. The van der Waals surface area contributed by atoms with Crippen LogP contribution in [0.2, 0.25) is 0 Å². The molecule has 0 saturated heterocycles. The average molecular weight is 211 g/mol. The lowest BCUT2D eigenvalue weighted by Crippen LogP contribution is -2.06. The number of methoxy groups -OCH3 is 1. The molecule has 5 nitrogen and oxygen atoms in total. The SMILES string of the molecule is COC(=O)c1ccc(OCCO)c(N)c1. The number of carbonyl (C=O) groups is 1. The van der Waals surface area contributed by atoms with Crippen molar-refractivity contribution in [2.75, 3.05) is 26.1 Å². The summed E-state index contributed by atoms with van der Waals surface area (Å²) in [5, 5.41) is 8.56. The van der Waals surface area contributed by atoms with Crippen LogP contribution in [0.5, 0.6) is 5.75 Å². The maximum atomic E-state index is 11.1. The zero-order valence-electron chi connectivity index (χ0n) is 8.40. The van der Waals surface area contributed by atoms with Gasteiger partial charge in [0, 0.05) is 0 Å². The third-order valence-corrected chi connectivity index (χ3v) is 1.78. The van der Waals surface area contributed by atoms with Crippen molar-refractivity contribution >= 4 is 11.7 Å². The van der Waals surface area contributed by atoms with E-state index in [9.17, 15) is 4.79 Å². The number of nitrogens with two attached hydrogens (primary N) is 1. The summed E-state index contributed by atoms with van der Waals surface area (Å²) in [5.74, 6) is -0.00730. The number of hydrogen-bond donors (Lipinski definition) is 2. The summed E-state index contributed by atoms with van der Waals surface area (Å²) in [6.45, 7) is 0.0833. The minimum Gasteiger partial charge on any atom is -0.489 e. The molecule has 0 spiro atoms. The fourth-order valence-electron chi connectivity index (χ4n) is 1.08. The van der Waals surface area contributed by atoms with Gasteiger partial charge in [0.1, 0.15) is 12.4 Å². The number of anilines is 1. The highest BCUT2D eigenvalue weighted by molar-refractivity contribution is 5.90. The molecule has 0 bridgehead atoms. The summed E-state index contributed by atoms with van der Waals surface area (Å²) >= 11 is 0. The van der Waals surface area contributed by atoms with Crippen LogP contribution in [-0.2, 0) is 4.74 Å². The van der Waals surface area contributed by atoms with E-state index in [-0.39, 0.29) is 13.2 Å². The minimum atomic E-state index is -0.449. The standard InChI is InChI=1S/C10H13NO4/c1-14-10(13)7-2-3-9(8(11)6-7)15-5-4-12/h2-3,6,12H,4-5,11H2,1H3. The average Bonchev–Trinajstić information content (AvgIpc) is 2.26. The smallest absolute Gasteiger partial charge is 0.337 e. The van der Waals surface area contributed by atoms with Gasteiger partial charge in [0.2, 0.25) is 0 Å². The normalized spacial score (nSPS) is 9.73. The highest BCUT2D eigenvalue weighted by Crippen LogP contribution is 2.22. The molecule has 0 atom stereocenters. The van der Waals surface area contributed by atoms with Gasteiger partial charge < -0.3 is 20.3 Å². The van der Waals surface area contributed by atoms with Gasteiger partial charge in [0.05, 0.1) is 25.0 Å². The lowest BCUT2D eigenvalue weighted by Gasteiger charge is -2.08. The molecule has 0 fully saturated rings. The van der Waals surface area contributed by atoms with E-state index in [2.05, 4.69) is 4.74 Å². The zero-order chi connectivity index (χ0) is 11.3. The zero-order valence-corrected chi connectivity index (χ0v) is 8.40. The van der Waals surface area contributed by atoms with Gasteiger partial charge in [0.15, 0.2) is 0 Å². The van der Waals surface area contributed by atoms with E-state index in [1.807, 2.05) is 0 Å². The molecular formula is C10H13NO4. The molecule has 0 saturated carbocycles. The number of esters is 1. The maximum absolute atomic E-state index is 11.1. The predicted molar refractivity (Wildman–Crippen MR) is 54.8 cm³/mol. The Balaban J connectivity index is 2.83. The fourth-order valence-corrected chi connectivity index (χ4v) is 1.08. The molecule has 82 valence electrons. The van der Waals surface area contributed by atoms with Crippen LogP contribution in [-0.4, -0.2) is 31.4 Å². The van der Waals surface area contributed by atoms with Crippen molar-refractivity contribution in [1.29, 1.82) is 0 Å². The van der Waals surface area contributed by atoms with E-state index in [1.165, 1.54) is 13.2 Å². The van der Waals surface area contributed by atoms with Crippen LogP contribution in [0.4, 0.5) is 5.69 Å². The van der Waals surface area contributed by atoms with Gasteiger partial charge in [0.25, 0.3) is 0 Å². The van der Waals surface area contributed by atoms with Gasteiger partial charge in [-0.15, -0.1) is 0 Å². The molecule has 0 aliphatic heterocycles. The molecule has 3 N–H and O–H groups in total. The van der Waals surface area contributed by atoms with Crippen molar-refractivity contribution in [3.05, 3.63) is 23.8 Å². The summed E-state index contributed by atoms with van der Waals surface area (Å²) < 4.78 is 9.66. The Bertz CT molecular complexity index is 351. The Kier molecular flexibility index (Phi) is 3.93. The molecule has 0 aromatic heterocycles. The molecule has 0 unspecified atom stereocenters. The van der Waals surface area contributed by atoms with Gasteiger partial charge in [-0.25, -0.2) is 4.79 Å². The second-order valence-corrected chi connectivity index (χ2v) is 2.82. The molecule has 0 radical (unpaired) electrons. The molecule has 1 aromatic rings. The molecule has 0 aliphatic carbocycles. The maximum Gasteiger partial charge on any atom is 0.337 e. The Labute approximate surface area is 87.4 Å². The lowest BCUT2D eigenvalue weighted by molar-refractivity contribution is 0.0600. The van der Waals surface area contributed by atoms with E-state index in [1.54, 1.807) is 12.1 Å². The molecule has 15 heavy (non-hydrogen) atoms. The first kappa shape index (κ1) is 11.3. The first-order chi connectivity index (χ1) is 7.19. The highest BCUT2D eigenvalue weighted by Gasteiger charge is 2.08. The van der Waals surface area contributed by atoms with Crippen LogP contribution in [0.3, 0.4) is 0 Å². The number of aliphatic hydroxyl groups excluding tert-OH is 1. The van der Waals surface area contributed by atoms with Crippen LogP contribution < -0.4 is 10.5 Å². The van der Waals surface area contributed by atoms with Crippen LogP contribution >= 0.6 is 0 Å². The number of nitrogen functional groups attached to an aromatic ring is 1. The van der Waals surface area contributed by atoms with Crippen molar-refractivity contribution in [3.63, 3.8) is 0 Å². The fraction of sp³-hybridized carbons (Fsp3) is 0.300. The number of benzene rings is 1. The summed E-state index contributed by atoms with van der Waals surface area (Å²) in [5.41, 5.74) is 6.35.